The Morgan fingerprint density at radius 1 is 0.815 bits per heavy atom. The number of amides is 1. The number of guanidine groups is 1. The van der Waals surface area contributed by atoms with Crippen LogP contribution in [0.2, 0.25) is 10.0 Å². The first-order chi connectivity index (χ1) is 12.8. The fourth-order valence-corrected chi connectivity index (χ4v) is 2.25. The van der Waals surface area contributed by atoms with E-state index in [2.05, 4.69) is 15.2 Å². The molecule has 0 heterocycles. The van der Waals surface area contributed by atoms with Gasteiger partial charge in [0.2, 0.25) is 11.9 Å². The summed E-state index contributed by atoms with van der Waals surface area (Å²) in [5.74, 6) is -0.0787. The molecule has 0 saturated carbocycles. The van der Waals surface area contributed by atoms with Crippen LogP contribution in [0.25, 0.3) is 0 Å². The van der Waals surface area contributed by atoms with Gasteiger partial charge in [-0.15, -0.1) is 0 Å². The first-order valence-corrected chi connectivity index (χ1v) is 8.76. The van der Waals surface area contributed by atoms with Crippen LogP contribution in [0.1, 0.15) is 18.1 Å². The van der Waals surface area contributed by atoms with Crippen molar-refractivity contribution in [1.82, 2.24) is 10.0 Å². The minimum Gasteiger partial charge on any atom is -0.273 e. The number of carbonyl (C=O) groups excluding carboxylic acids is 1. The van der Waals surface area contributed by atoms with Gasteiger partial charge < -0.3 is 0 Å². The molecule has 0 aliphatic heterocycles. The molecule has 0 saturated heterocycles. The Bertz CT molecular complexity index is 797. The van der Waals surface area contributed by atoms with Crippen molar-refractivity contribution in [2.75, 3.05) is 14.1 Å². The van der Waals surface area contributed by atoms with Crippen molar-refractivity contribution in [3.05, 3.63) is 69.7 Å². The Balaban J connectivity index is 2.16. The molecule has 0 aliphatic rings. The van der Waals surface area contributed by atoms with E-state index in [4.69, 9.17) is 23.2 Å². The van der Waals surface area contributed by atoms with Gasteiger partial charge in [0, 0.05) is 31.1 Å². The molecule has 0 unspecified atom stereocenters. The second-order valence-corrected chi connectivity index (χ2v) is 6.44. The van der Waals surface area contributed by atoms with E-state index in [1.807, 2.05) is 24.3 Å². The lowest BCUT2D eigenvalue weighted by molar-refractivity contribution is -0.115. The van der Waals surface area contributed by atoms with Crippen LogP contribution >= 0.6 is 23.2 Å². The number of aliphatic imine (C=N–C) groups is 1. The average Bonchev–Trinajstić information content (AvgIpc) is 2.64. The summed E-state index contributed by atoms with van der Waals surface area (Å²) in [5, 5.41) is 12.9. The maximum atomic E-state index is 11.5. The van der Waals surface area contributed by atoms with E-state index in [1.165, 1.54) is 16.9 Å². The van der Waals surface area contributed by atoms with Crippen LogP contribution in [0.4, 0.5) is 0 Å². The molecule has 2 aromatic rings. The fraction of sp³-hybridized carbons (Fsp3) is 0.158. The van der Waals surface area contributed by atoms with Gasteiger partial charge in [-0.3, -0.25) is 4.79 Å². The van der Waals surface area contributed by atoms with E-state index < -0.39 is 0 Å². The van der Waals surface area contributed by atoms with E-state index in [0.717, 1.165) is 11.1 Å². The summed E-state index contributed by atoms with van der Waals surface area (Å²) >= 11 is 11.8. The van der Waals surface area contributed by atoms with Crippen LogP contribution in [0.5, 0.6) is 0 Å². The molecule has 0 atom stereocenters. The highest BCUT2D eigenvalue weighted by Gasteiger charge is 2.11. The minimum absolute atomic E-state index is 0.276. The molecule has 2 rings (SSSR count). The lowest BCUT2D eigenvalue weighted by Crippen LogP contribution is -2.35. The number of halogens is 2. The van der Waals surface area contributed by atoms with Gasteiger partial charge in [0.15, 0.2) is 0 Å². The van der Waals surface area contributed by atoms with Crippen molar-refractivity contribution in [1.29, 1.82) is 0 Å². The number of hydrogen-bond acceptors (Lipinski definition) is 3. The van der Waals surface area contributed by atoms with Crippen LogP contribution in [-0.2, 0) is 4.79 Å². The summed E-state index contributed by atoms with van der Waals surface area (Å²) in [7, 11) is 3.37. The Morgan fingerprint density at radius 2 is 1.19 bits per heavy atom. The molecule has 0 fully saturated rings. The average molecular weight is 404 g/mol. The van der Waals surface area contributed by atoms with Crippen molar-refractivity contribution in [2.45, 2.75) is 6.92 Å². The Kier molecular flexibility index (Phi) is 7.52. The zero-order valence-electron chi connectivity index (χ0n) is 15.2. The summed E-state index contributed by atoms with van der Waals surface area (Å²) < 4.78 is 0. The molecule has 0 aliphatic carbocycles. The summed E-state index contributed by atoms with van der Waals surface area (Å²) in [6, 6.07) is 14.4. The third kappa shape index (κ3) is 6.84. The summed E-state index contributed by atoms with van der Waals surface area (Å²) in [5.41, 5.74) is 1.72. The van der Waals surface area contributed by atoms with Crippen molar-refractivity contribution < 1.29 is 4.79 Å². The van der Waals surface area contributed by atoms with Crippen molar-refractivity contribution in [3.8, 4) is 0 Å². The molecule has 1 amide bonds. The first-order valence-electron chi connectivity index (χ1n) is 8.01. The van der Waals surface area contributed by atoms with Crippen LogP contribution in [0.15, 0.2) is 63.7 Å². The molecule has 0 bridgehead atoms. The topological polar surface area (TPSA) is 60.6 Å². The maximum Gasteiger partial charge on any atom is 0.245 e. The summed E-state index contributed by atoms with van der Waals surface area (Å²) in [6.45, 7) is 1.37. The second kappa shape index (κ2) is 9.85. The van der Waals surface area contributed by atoms with Crippen molar-refractivity contribution in [2.24, 2.45) is 15.2 Å². The predicted octanol–water partition coefficient (Wildman–Crippen LogP) is 4.13. The van der Waals surface area contributed by atoms with Gasteiger partial charge in [0.1, 0.15) is 0 Å². The third-order valence-electron chi connectivity index (χ3n) is 3.34. The summed E-state index contributed by atoms with van der Waals surface area (Å²) in [4.78, 5) is 15.5. The van der Waals surface area contributed by atoms with Crippen LogP contribution < -0.4 is 0 Å². The monoisotopic (exact) mass is 403 g/mol. The molecule has 6 nitrogen and oxygen atoms in total. The van der Waals surface area contributed by atoms with E-state index in [-0.39, 0.29) is 11.9 Å². The Morgan fingerprint density at radius 3 is 1.52 bits per heavy atom. The molecule has 0 spiro atoms. The predicted molar refractivity (Wildman–Crippen MR) is 112 cm³/mol. The highest BCUT2D eigenvalue weighted by molar-refractivity contribution is 6.30. The van der Waals surface area contributed by atoms with Gasteiger partial charge in [-0.25, -0.2) is 10.0 Å². The van der Waals surface area contributed by atoms with Crippen LogP contribution in [0.3, 0.4) is 0 Å². The molecule has 0 radical (unpaired) electrons. The highest BCUT2D eigenvalue weighted by Crippen LogP contribution is 2.09. The minimum atomic E-state index is -0.355. The number of nitrogens with zero attached hydrogens (tertiary/aromatic N) is 5. The van der Waals surface area contributed by atoms with Gasteiger partial charge in [-0.2, -0.15) is 15.2 Å². The smallest absolute Gasteiger partial charge is 0.245 e. The zero-order valence-corrected chi connectivity index (χ0v) is 16.7. The molecule has 140 valence electrons. The third-order valence-corrected chi connectivity index (χ3v) is 3.84. The van der Waals surface area contributed by atoms with Gasteiger partial charge in [0.25, 0.3) is 0 Å². The Labute approximate surface area is 168 Å². The zero-order chi connectivity index (χ0) is 19.8. The molecule has 0 aromatic heterocycles. The van der Waals surface area contributed by atoms with Gasteiger partial charge in [-0.1, -0.05) is 47.5 Å². The van der Waals surface area contributed by atoms with Gasteiger partial charge >= 0.3 is 0 Å². The quantitative estimate of drug-likeness (QED) is 0.438. The number of hydrazone groups is 2. The first kappa shape index (κ1) is 20.6. The van der Waals surface area contributed by atoms with E-state index >= 15 is 0 Å². The van der Waals surface area contributed by atoms with Gasteiger partial charge in [0.05, 0.1) is 12.4 Å². The normalized spacial score (nSPS) is 11.0. The molecular formula is C19H19Cl2N5O. The van der Waals surface area contributed by atoms with E-state index in [1.54, 1.807) is 50.8 Å². The summed E-state index contributed by atoms with van der Waals surface area (Å²) in [6.07, 6.45) is 3.28. The number of benzene rings is 2. The Hall–Kier alpha value is -2.70. The van der Waals surface area contributed by atoms with Crippen LogP contribution in [0, 0.1) is 0 Å². The van der Waals surface area contributed by atoms with E-state index in [0.29, 0.717) is 10.0 Å². The molecule has 27 heavy (non-hydrogen) atoms. The molecule has 2 aromatic carbocycles. The van der Waals surface area contributed by atoms with Crippen molar-refractivity contribution >= 4 is 47.5 Å². The highest BCUT2D eigenvalue weighted by atomic mass is 35.5. The largest absolute Gasteiger partial charge is 0.273 e. The van der Waals surface area contributed by atoms with Crippen molar-refractivity contribution in [3.63, 3.8) is 0 Å². The van der Waals surface area contributed by atoms with Crippen LogP contribution in [-0.4, -0.2) is 48.4 Å². The molecular weight excluding hydrogens is 385 g/mol. The standard InChI is InChI=1S/C19H19Cl2N5O/c1-14(27)24-19(25(2)22-12-15-4-8-17(20)9-5-15)26(3)23-13-16-6-10-18(21)11-7-16/h4-13H,1-3H3. The molecule has 8 heteroatoms. The maximum absolute atomic E-state index is 11.5. The number of carbonyl (C=O) groups is 1. The SMILES string of the molecule is CC(=O)N=C(N(C)N=Cc1ccc(Cl)cc1)N(C)N=Cc1ccc(Cl)cc1. The number of rotatable bonds is 4. The lowest BCUT2D eigenvalue weighted by atomic mass is 10.2. The van der Waals surface area contributed by atoms with Gasteiger partial charge in [-0.05, 0) is 35.4 Å². The lowest BCUT2D eigenvalue weighted by Gasteiger charge is -2.21. The second-order valence-electron chi connectivity index (χ2n) is 5.57. The fourth-order valence-electron chi connectivity index (χ4n) is 2.00. The number of hydrogen-bond donors (Lipinski definition) is 0. The van der Waals surface area contributed by atoms with E-state index in [9.17, 15) is 4.79 Å². The molecule has 0 N–H and O–H groups in total.